The molecule has 13 heavy (non-hydrogen) atoms. The van der Waals surface area contributed by atoms with E-state index < -0.39 is 0 Å². The molecule has 0 spiro atoms. The lowest BCUT2D eigenvalue weighted by molar-refractivity contribution is 0.371. The summed E-state index contributed by atoms with van der Waals surface area (Å²) >= 11 is 0. The van der Waals surface area contributed by atoms with E-state index in [1.807, 2.05) is 13.8 Å². The maximum absolute atomic E-state index is 5.88. The Hall–Kier alpha value is -0.900. The summed E-state index contributed by atoms with van der Waals surface area (Å²) in [6, 6.07) is -0.125. The molecule has 72 valence electrons. The summed E-state index contributed by atoms with van der Waals surface area (Å²) < 4.78 is 5.48. The van der Waals surface area contributed by atoms with Gasteiger partial charge in [-0.25, -0.2) is 0 Å². The second kappa shape index (κ2) is 3.10. The summed E-state index contributed by atoms with van der Waals surface area (Å²) in [6.07, 6.45) is 2.36. The van der Waals surface area contributed by atoms with E-state index in [0.717, 1.165) is 5.89 Å². The highest BCUT2D eigenvalue weighted by Crippen LogP contribution is 2.39. The van der Waals surface area contributed by atoms with Crippen LogP contribution in [0.15, 0.2) is 4.42 Å². The summed E-state index contributed by atoms with van der Waals surface area (Å²) in [5.74, 6) is 2.20. The zero-order valence-electron chi connectivity index (χ0n) is 8.03. The molecule has 1 aliphatic carbocycles. The van der Waals surface area contributed by atoms with Crippen molar-refractivity contribution in [3.05, 3.63) is 11.8 Å². The maximum Gasteiger partial charge on any atom is 0.233 e. The normalized spacial score (nSPS) is 19.4. The molecule has 0 aliphatic heterocycles. The Morgan fingerprint density at radius 1 is 1.38 bits per heavy atom. The number of hydrogen-bond acceptors (Lipinski definition) is 4. The van der Waals surface area contributed by atoms with Crippen LogP contribution in [-0.2, 0) is 0 Å². The van der Waals surface area contributed by atoms with Crippen LogP contribution in [-0.4, -0.2) is 10.2 Å². The van der Waals surface area contributed by atoms with E-state index in [0.29, 0.717) is 17.7 Å². The molecular formula is C9H15N3O. The van der Waals surface area contributed by atoms with Gasteiger partial charge in [-0.15, -0.1) is 10.2 Å². The number of nitrogens with two attached hydrogens (primary N) is 1. The van der Waals surface area contributed by atoms with Gasteiger partial charge in [-0.3, -0.25) is 0 Å². The Kier molecular flexibility index (Phi) is 2.07. The first kappa shape index (κ1) is 8.69. The minimum atomic E-state index is -0.125. The smallest absolute Gasteiger partial charge is 0.233 e. The fourth-order valence-corrected chi connectivity index (χ4v) is 1.16. The third-order valence-electron chi connectivity index (χ3n) is 2.39. The quantitative estimate of drug-likeness (QED) is 0.769. The van der Waals surface area contributed by atoms with Crippen molar-refractivity contribution < 1.29 is 4.42 Å². The average Bonchev–Trinajstić information content (AvgIpc) is 2.83. The van der Waals surface area contributed by atoms with E-state index in [2.05, 4.69) is 10.2 Å². The molecule has 1 saturated carbocycles. The van der Waals surface area contributed by atoms with Gasteiger partial charge in [0.15, 0.2) is 0 Å². The lowest BCUT2D eigenvalue weighted by Crippen LogP contribution is -2.16. The molecule has 0 saturated heterocycles. The predicted octanol–water partition coefficient (Wildman–Crippen LogP) is 1.60. The van der Waals surface area contributed by atoms with Crippen molar-refractivity contribution in [2.45, 2.75) is 38.6 Å². The summed E-state index contributed by atoms with van der Waals surface area (Å²) in [7, 11) is 0. The van der Waals surface area contributed by atoms with Crippen LogP contribution in [0.5, 0.6) is 0 Å². The van der Waals surface area contributed by atoms with E-state index in [-0.39, 0.29) is 6.04 Å². The Morgan fingerprint density at radius 3 is 2.62 bits per heavy atom. The Morgan fingerprint density at radius 2 is 2.08 bits per heavy atom. The van der Waals surface area contributed by atoms with Crippen LogP contribution in [0.3, 0.4) is 0 Å². The predicted molar refractivity (Wildman–Crippen MR) is 48.0 cm³/mol. The SMILES string of the molecule is CC(C)C(N)c1nnc(C2CC2)o1. The molecule has 1 atom stereocenters. The minimum absolute atomic E-state index is 0.125. The highest BCUT2D eigenvalue weighted by molar-refractivity contribution is 5.01. The largest absolute Gasteiger partial charge is 0.423 e. The zero-order chi connectivity index (χ0) is 9.42. The number of rotatable bonds is 3. The summed E-state index contributed by atoms with van der Waals surface area (Å²) in [5, 5.41) is 7.94. The van der Waals surface area contributed by atoms with Crippen molar-refractivity contribution >= 4 is 0 Å². The van der Waals surface area contributed by atoms with Gasteiger partial charge in [0.2, 0.25) is 11.8 Å². The van der Waals surface area contributed by atoms with Crippen LogP contribution in [0.1, 0.15) is 50.4 Å². The van der Waals surface area contributed by atoms with Gasteiger partial charge in [-0.05, 0) is 18.8 Å². The van der Waals surface area contributed by atoms with Crippen molar-refractivity contribution in [1.82, 2.24) is 10.2 Å². The monoisotopic (exact) mass is 181 g/mol. The van der Waals surface area contributed by atoms with E-state index in [9.17, 15) is 0 Å². The molecule has 2 rings (SSSR count). The minimum Gasteiger partial charge on any atom is -0.423 e. The van der Waals surface area contributed by atoms with Gasteiger partial charge in [0.1, 0.15) is 0 Å². The Balaban J connectivity index is 2.11. The van der Waals surface area contributed by atoms with Gasteiger partial charge in [-0.1, -0.05) is 13.8 Å². The summed E-state index contributed by atoms with van der Waals surface area (Å²) in [4.78, 5) is 0. The lowest BCUT2D eigenvalue weighted by atomic mass is 10.1. The molecular weight excluding hydrogens is 166 g/mol. The molecule has 1 unspecified atom stereocenters. The first-order valence-electron chi connectivity index (χ1n) is 4.77. The van der Waals surface area contributed by atoms with E-state index in [1.54, 1.807) is 0 Å². The molecule has 0 amide bonds. The van der Waals surface area contributed by atoms with Gasteiger partial charge < -0.3 is 10.2 Å². The zero-order valence-corrected chi connectivity index (χ0v) is 8.03. The molecule has 1 aliphatic rings. The van der Waals surface area contributed by atoms with Gasteiger partial charge >= 0.3 is 0 Å². The molecule has 0 radical (unpaired) electrons. The molecule has 2 N–H and O–H groups in total. The van der Waals surface area contributed by atoms with E-state index >= 15 is 0 Å². The average molecular weight is 181 g/mol. The third-order valence-corrected chi connectivity index (χ3v) is 2.39. The first-order chi connectivity index (χ1) is 6.18. The Bertz CT molecular complexity index is 291. The molecule has 4 heteroatoms. The van der Waals surface area contributed by atoms with Crippen molar-refractivity contribution in [3.8, 4) is 0 Å². The topological polar surface area (TPSA) is 64.9 Å². The van der Waals surface area contributed by atoms with E-state index in [1.165, 1.54) is 12.8 Å². The van der Waals surface area contributed by atoms with Gasteiger partial charge in [0.05, 0.1) is 6.04 Å². The molecule has 0 bridgehead atoms. The van der Waals surface area contributed by atoms with Crippen LogP contribution >= 0.6 is 0 Å². The molecule has 0 aromatic carbocycles. The van der Waals surface area contributed by atoms with Crippen LogP contribution in [0, 0.1) is 5.92 Å². The molecule has 1 heterocycles. The van der Waals surface area contributed by atoms with Crippen molar-refractivity contribution in [2.75, 3.05) is 0 Å². The maximum atomic E-state index is 5.88. The molecule has 1 aromatic heterocycles. The summed E-state index contributed by atoms with van der Waals surface area (Å²) in [5.41, 5.74) is 5.88. The molecule has 4 nitrogen and oxygen atoms in total. The fourth-order valence-electron chi connectivity index (χ4n) is 1.16. The van der Waals surface area contributed by atoms with Crippen molar-refractivity contribution in [3.63, 3.8) is 0 Å². The number of hydrogen-bond donors (Lipinski definition) is 1. The molecule has 1 fully saturated rings. The van der Waals surface area contributed by atoms with Gasteiger partial charge in [0.25, 0.3) is 0 Å². The van der Waals surface area contributed by atoms with Crippen molar-refractivity contribution in [2.24, 2.45) is 11.7 Å². The van der Waals surface area contributed by atoms with Crippen LogP contribution in [0.4, 0.5) is 0 Å². The second-order valence-corrected chi connectivity index (χ2v) is 4.02. The molecule has 1 aromatic rings. The standard InChI is InChI=1S/C9H15N3O/c1-5(2)7(10)9-12-11-8(13-9)6-3-4-6/h5-7H,3-4,10H2,1-2H3. The number of aromatic nitrogens is 2. The summed E-state index contributed by atoms with van der Waals surface area (Å²) in [6.45, 7) is 4.09. The first-order valence-corrected chi connectivity index (χ1v) is 4.77. The van der Waals surface area contributed by atoms with Crippen LogP contribution in [0.2, 0.25) is 0 Å². The van der Waals surface area contributed by atoms with Crippen LogP contribution < -0.4 is 5.73 Å². The highest BCUT2D eigenvalue weighted by atomic mass is 16.4. The van der Waals surface area contributed by atoms with Gasteiger partial charge in [0, 0.05) is 5.92 Å². The Labute approximate surface area is 77.5 Å². The third kappa shape index (κ3) is 1.72. The van der Waals surface area contributed by atoms with Gasteiger partial charge in [-0.2, -0.15) is 0 Å². The second-order valence-electron chi connectivity index (χ2n) is 4.02. The highest BCUT2D eigenvalue weighted by Gasteiger charge is 2.30. The fraction of sp³-hybridized carbons (Fsp3) is 0.778. The van der Waals surface area contributed by atoms with Crippen LogP contribution in [0.25, 0.3) is 0 Å². The number of nitrogens with zero attached hydrogens (tertiary/aromatic N) is 2. The van der Waals surface area contributed by atoms with Crippen molar-refractivity contribution in [1.29, 1.82) is 0 Å². The lowest BCUT2D eigenvalue weighted by Gasteiger charge is -2.09. The van der Waals surface area contributed by atoms with E-state index in [4.69, 9.17) is 10.2 Å².